The van der Waals surface area contributed by atoms with Crippen LogP contribution in [0, 0.1) is 26.7 Å². The Labute approximate surface area is 187 Å². The van der Waals surface area contributed by atoms with Crippen LogP contribution in [0.3, 0.4) is 0 Å². The van der Waals surface area contributed by atoms with Crippen LogP contribution in [0.5, 0.6) is 0 Å². The van der Waals surface area contributed by atoms with Crippen molar-refractivity contribution < 1.29 is 18.8 Å². The molecule has 1 saturated carbocycles. The van der Waals surface area contributed by atoms with Crippen LogP contribution >= 0.6 is 0 Å². The minimum absolute atomic E-state index is 0.0677. The first-order chi connectivity index (χ1) is 15.0. The molecule has 2 amide bonds. The quantitative estimate of drug-likeness (QED) is 0.660. The largest absolute Gasteiger partial charge is 0.338 e. The van der Waals surface area contributed by atoms with Crippen LogP contribution in [0.2, 0.25) is 0 Å². The molecule has 0 aliphatic heterocycles. The first-order valence-electron chi connectivity index (χ1n) is 10.7. The van der Waals surface area contributed by atoms with Gasteiger partial charge < -0.3 is 5.32 Å². The molecule has 2 atom stereocenters. The minimum Gasteiger partial charge on any atom is -0.338 e. The van der Waals surface area contributed by atoms with Gasteiger partial charge in [0.25, 0.3) is 0 Å². The van der Waals surface area contributed by atoms with E-state index in [0.29, 0.717) is 6.42 Å². The van der Waals surface area contributed by atoms with Crippen LogP contribution < -0.4 is 10.6 Å². The van der Waals surface area contributed by atoms with Crippen molar-refractivity contribution in [1.82, 2.24) is 15.3 Å². The van der Waals surface area contributed by atoms with Gasteiger partial charge in [0.15, 0.2) is 5.78 Å². The summed E-state index contributed by atoms with van der Waals surface area (Å²) in [5.74, 6) is -1.13. The Morgan fingerprint density at radius 3 is 2.41 bits per heavy atom. The molecule has 2 aromatic rings. The highest BCUT2D eigenvalue weighted by atomic mass is 19.1. The second-order valence-corrected chi connectivity index (χ2v) is 8.95. The van der Waals surface area contributed by atoms with Gasteiger partial charge in [0.05, 0.1) is 5.69 Å². The standard InChI is InChI=1S/C24H29FN4O3/c1-13-8-14(2)20(15(3)9-13)21-17(30)10-16(22(21)31)6-7-26-23(32)29-19-11-18(24(4,5)25)27-12-28-19/h8-9,11-12,16,21H,6-7,10H2,1-5H3,(H2,26,27,28,29,32). The number of rotatable bonds is 6. The van der Waals surface area contributed by atoms with Crippen LogP contribution in [0.15, 0.2) is 24.5 Å². The fourth-order valence-electron chi connectivity index (χ4n) is 4.32. The number of halogens is 1. The van der Waals surface area contributed by atoms with Gasteiger partial charge >= 0.3 is 6.03 Å². The molecule has 0 bridgehead atoms. The number of carbonyl (C=O) groups is 3. The summed E-state index contributed by atoms with van der Waals surface area (Å²) in [6.07, 6.45) is 1.73. The molecule has 1 fully saturated rings. The Hall–Kier alpha value is -3.16. The fourth-order valence-corrected chi connectivity index (χ4v) is 4.32. The van der Waals surface area contributed by atoms with Crippen molar-refractivity contribution in [3.05, 3.63) is 52.5 Å². The maximum absolute atomic E-state index is 14.0. The monoisotopic (exact) mass is 440 g/mol. The van der Waals surface area contributed by atoms with E-state index in [1.165, 1.54) is 26.2 Å². The van der Waals surface area contributed by atoms with E-state index in [1.54, 1.807) is 0 Å². The predicted octanol–water partition coefficient (Wildman–Crippen LogP) is 4.06. The third-order valence-corrected chi connectivity index (χ3v) is 5.78. The summed E-state index contributed by atoms with van der Waals surface area (Å²) in [5.41, 5.74) is 2.32. The van der Waals surface area contributed by atoms with Gasteiger partial charge in [-0.15, -0.1) is 0 Å². The second kappa shape index (κ2) is 9.14. The van der Waals surface area contributed by atoms with Gasteiger partial charge in [-0.05, 0) is 57.7 Å². The fraction of sp³-hybridized carbons (Fsp3) is 0.458. The van der Waals surface area contributed by atoms with E-state index in [0.717, 1.165) is 22.3 Å². The zero-order valence-corrected chi connectivity index (χ0v) is 19.1. The van der Waals surface area contributed by atoms with Crippen LogP contribution in [-0.4, -0.2) is 34.1 Å². The molecular weight excluding hydrogens is 411 g/mol. The number of alkyl halides is 1. The van der Waals surface area contributed by atoms with Crippen molar-refractivity contribution in [2.24, 2.45) is 5.92 Å². The maximum atomic E-state index is 14.0. The number of amides is 2. The molecule has 8 heteroatoms. The Morgan fingerprint density at radius 1 is 1.12 bits per heavy atom. The highest BCUT2D eigenvalue weighted by Crippen LogP contribution is 2.37. The average Bonchev–Trinajstić information content (AvgIpc) is 2.95. The summed E-state index contributed by atoms with van der Waals surface area (Å²) in [7, 11) is 0. The van der Waals surface area contributed by atoms with Crippen LogP contribution in [0.25, 0.3) is 0 Å². The SMILES string of the molecule is Cc1cc(C)c(C2C(=O)CC(CCNC(=O)Nc3cc(C(C)(C)F)ncn3)C2=O)c(C)c1. The minimum atomic E-state index is -1.66. The maximum Gasteiger partial charge on any atom is 0.320 e. The van der Waals surface area contributed by atoms with Crippen molar-refractivity contribution >= 4 is 23.4 Å². The van der Waals surface area contributed by atoms with Crippen LogP contribution in [-0.2, 0) is 15.3 Å². The number of anilines is 1. The van der Waals surface area contributed by atoms with Gasteiger partial charge in [-0.3, -0.25) is 14.9 Å². The number of ketones is 2. The van der Waals surface area contributed by atoms with E-state index in [1.807, 2.05) is 32.9 Å². The average molecular weight is 441 g/mol. The molecule has 1 aliphatic rings. The lowest BCUT2D eigenvalue weighted by atomic mass is 9.86. The number of urea groups is 1. The van der Waals surface area contributed by atoms with E-state index in [4.69, 9.17) is 0 Å². The lowest BCUT2D eigenvalue weighted by molar-refractivity contribution is -0.124. The van der Waals surface area contributed by atoms with Crippen molar-refractivity contribution in [3.8, 4) is 0 Å². The number of aromatic nitrogens is 2. The van der Waals surface area contributed by atoms with Gasteiger partial charge in [-0.2, -0.15) is 0 Å². The third kappa shape index (κ3) is 5.18. The van der Waals surface area contributed by atoms with E-state index < -0.39 is 23.5 Å². The molecule has 2 N–H and O–H groups in total. The smallest absolute Gasteiger partial charge is 0.320 e. The normalized spacial score (nSPS) is 18.7. The molecule has 3 rings (SSSR count). The van der Waals surface area contributed by atoms with E-state index in [-0.39, 0.29) is 36.0 Å². The van der Waals surface area contributed by atoms with Crippen molar-refractivity contribution in [2.45, 2.75) is 59.0 Å². The van der Waals surface area contributed by atoms with Crippen molar-refractivity contribution in [2.75, 3.05) is 11.9 Å². The number of hydrogen-bond donors (Lipinski definition) is 2. The van der Waals surface area contributed by atoms with Crippen LogP contribution in [0.4, 0.5) is 15.0 Å². The summed E-state index contributed by atoms with van der Waals surface area (Å²) < 4.78 is 14.0. The van der Waals surface area contributed by atoms with Crippen LogP contribution in [0.1, 0.15) is 60.6 Å². The number of hydrogen-bond acceptors (Lipinski definition) is 5. The number of carbonyl (C=O) groups excluding carboxylic acids is 3. The molecule has 1 aliphatic carbocycles. The molecule has 2 unspecified atom stereocenters. The summed E-state index contributed by atoms with van der Waals surface area (Å²) in [6.45, 7) is 8.80. The van der Waals surface area contributed by atoms with Gasteiger partial charge in [-0.25, -0.2) is 19.2 Å². The zero-order valence-electron chi connectivity index (χ0n) is 19.1. The molecule has 1 aromatic heterocycles. The summed E-state index contributed by atoms with van der Waals surface area (Å²) in [5, 5.41) is 5.20. The number of Topliss-reactive ketones (excluding diaryl/α,β-unsaturated/α-hetero) is 2. The lowest BCUT2D eigenvalue weighted by Crippen LogP contribution is -2.31. The number of benzene rings is 1. The molecule has 0 saturated heterocycles. The second-order valence-electron chi connectivity index (χ2n) is 8.95. The Bertz CT molecular complexity index is 1040. The molecule has 0 spiro atoms. The molecule has 1 heterocycles. The van der Waals surface area contributed by atoms with Gasteiger partial charge in [0, 0.05) is 24.9 Å². The number of nitrogens with one attached hydrogen (secondary N) is 2. The topological polar surface area (TPSA) is 101 Å². The summed E-state index contributed by atoms with van der Waals surface area (Å²) in [4.78, 5) is 45.6. The van der Waals surface area contributed by atoms with Gasteiger partial charge in [0.1, 0.15) is 29.5 Å². The zero-order chi connectivity index (χ0) is 23.6. The molecule has 7 nitrogen and oxygen atoms in total. The third-order valence-electron chi connectivity index (χ3n) is 5.78. The van der Waals surface area contributed by atoms with Crippen molar-refractivity contribution in [1.29, 1.82) is 0 Å². The summed E-state index contributed by atoms with van der Waals surface area (Å²) in [6, 6.07) is 4.83. The van der Waals surface area contributed by atoms with E-state index >= 15 is 0 Å². The van der Waals surface area contributed by atoms with E-state index in [9.17, 15) is 18.8 Å². The van der Waals surface area contributed by atoms with Crippen molar-refractivity contribution in [3.63, 3.8) is 0 Å². The number of nitrogens with zero attached hydrogens (tertiary/aromatic N) is 2. The Morgan fingerprint density at radius 2 is 1.78 bits per heavy atom. The van der Waals surface area contributed by atoms with E-state index in [2.05, 4.69) is 20.6 Å². The van der Waals surface area contributed by atoms with Gasteiger partial charge in [-0.1, -0.05) is 17.7 Å². The highest BCUT2D eigenvalue weighted by molar-refractivity contribution is 6.15. The first-order valence-corrected chi connectivity index (χ1v) is 10.7. The molecule has 32 heavy (non-hydrogen) atoms. The Kier molecular flexibility index (Phi) is 6.71. The number of aryl methyl sites for hydroxylation is 3. The molecule has 0 radical (unpaired) electrons. The molecular formula is C24H29FN4O3. The Balaban J connectivity index is 1.58. The predicted molar refractivity (Wildman–Crippen MR) is 119 cm³/mol. The summed E-state index contributed by atoms with van der Waals surface area (Å²) >= 11 is 0. The van der Waals surface area contributed by atoms with Gasteiger partial charge in [0.2, 0.25) is 0 Å². The lowest BCUT2D eigenvalue weighted by Gasteiger charge is -2.16. The molecule has 1 aromatic carbocycles. The first kappa shape index (κ1) is 23.5. The highest BCUT2D eigenvalue weighted by Gasteiger charge is 2.42. The molecule has 170 valence electrons.